The Morgan fingerprint density at radius 2 is 1.71 bits per heavy atom. The van der Waals surface area contributed by atoms with Crippen molar-refractivity contribution in [3.8, 4) is 5.75 Å². The van der Waals surface area contributed by atoms with Gasteiger partial charge < -0.3 is 15.3 Å². The van der Waals surface area contributed by atoms with Gasteiger partial charge in [-0.3, -0.25) is 4.79 Å². The number of benzene rings is 2. The van der Waals surface area contributed by atoms with E-state index in [4.69, 9.17) is 0 Å². The van der Waals surface area contributed by atoms with Gasteiger partial charge in [0.25, 0.3) is 0 Å². The number of aromatic hydroxyl groups is 1. The van der Waals surface area contributed by atoms with E-state index in [0.717, 1.165) is 44.5 Å². The number of carbonyl (C=O) groups excluding carboxylic acids is 1. The Labute approximate surface area is 144 Å². The van der Waals surface area contributed by atoms with Gasteiger partial charge in [0.05, 0.1) is 5.69 Å². The fraction of sp³-hybridized carbons (Fsp3) is 0.350. The van der Waals surface area contributed by atoms with Crippen molar-refractivity contribution in [2.45, 2.75) is 26.2 Å². The number of nitrogens with one attached hydrogen (secondary N) is 1. The summed E-state index contributed by atoms with van der Waals surface area (Å²) in [5.41, 5.74) is 2.94. The van der Waals surface area contributed by atoms with Gasteiger partial charge in [0, 0.05) is 13.1 Å². The number of hydrogen-bond acceptors (Lipinski definition) is 3. The number of phenolic OH excluding ortho intramolecular Hbond substituents is 1. The van der Waals surface area contributed by atoms with Gasteiger partial charge in [-0.05, 0) is 49.1 Å². The minimum atomic E-state index is 0.0975. The van der Waals surface area contributed by atoms with Crippen molar-refractivity contribution in [1.82, 2.24) is 4.90 Å². The summed E-state index contributed by atoms with van der Waals surface area (Å²) in [7, 11) is 0. The Bertz CT molecular complexity index is 629. The number of rotatable bonds is 10. The van der Waals surface area contributed by atoms with Gasteiger partial charge in [0.1, 0.15) is 5.75 Å². The summed E-state index contributed by atoms with van der Waals surface area (Å²) in [4.78, 5) is 13.0. The van der Waals surface area contributed by atoms with Crippen molar-refractivity contribution in [1.29, 1.82) is 0 Å². The maximum atomic E-state index is 10.6. The third-order valence-corrected chi connectivity index (χ3v) is 4.09. The highest BCUT2D eigenvalue weighted by atomic mass is 16.3. The highest BCUT2D eigenvalue weighted by Crippen LogP contribution is 2.23. The van der Waals surface area contributed by atoms with Gasteiger partial charge in [-0.1, -0.05) is 43.3 Å². The zero-order valence-electron chi connectivity index (χ0n) is 14.2. The minimum absolute atomic E-state index is 0.0975. The molecule has 2 aromatic rings. The second-order valence-electron chi connectivity index (χ2n) is 5.94. The molecular weight excluding hydrogens is 300 g/mol. The Hall–Kier alpha value is -2.33. The average molecular weight is 326 g/mol. The van der Waals surface area contributed by atoms with Crippen LogP contribution < -0.4 is 5.32 Å². The molecule has 0 radical (unpaired) electrons. The van der Waals surface area contributed by atoms with Gasteiger partial charge in [-0.15, -0.1) is 0 Å². The van der Waals surface area contributed by atoms with Crippen LogP contribution in [0.25, 0.3) is 0 Å². The minimum Gasteiger partial charge on any atom is -0.506 e. The maximum Gasteiger partial charge on any atom is 0.211 e. The smallest absolute Gasteiger partial charge is 0.211 e. The molecule has 128 valence electrons. The summed E-state index contributed by atoms with van der Waals surface area (Å²) in [6.07, 6.45) is 3.65. The van der Waals surface area contributed by atoms with Crippen LogP contribution in [0.3, 0.4) is 0 Å². The summed E-state index contributed by atoms with van der Waals surface area (Å²) in [5, 5.41) is 12.2. The van der Waals surface area contributed by atoms with E-state index in [0.29, 0.717) is 12.1 Å². The van der Waals surface area contributed by atoms with Crippen LogP contribution in [0.4, 0.5) is 5.69 Å². The second kappa shape index (κ2) is 9.73. The first-order chi connectivity index (χ1) is 11.7. The molecule has 4 heteroatoms. The number of phenols is 1. The average Bonchev–Trinajstić information content (AvgIpc) is 2.61. The lowest BCUT2D eigenvalue weighted by Crippen LogP contribution is -2.29. The first-order valence-electron chi connectivity index (χ1n) is 8.51. The molecular formula is C20H26N2O2. The number of hydrogen-bond donors (Lipinski definition) is 2. The number of nitrogens with zero attached hydrogens (tertiary/aromatic N) is 1. The van der Waals surface area contributed by atoms with E-state index in [1.54, 1.807) is 6.07 Å². The van der Waals surface area contributed by atoms with Crippen molar-refractivity contribution < 1.29 is 9.90 Å². The SMILES string of the molecule is CCCN(CCc1ccccc1)CCc1ccc(O)c(NC=O)c1. The molecule has 2 aromatic carbocycles. The molecule has 0 aliphatic carbocycles. The summed E-state index contributed by atoms with van der Waals surface area (Å²) in [6.45, 7) is 5.27. The Kier molecular flexibility index (Phi) is 7.30. The Morgan fingerprint density at radius 3 is 2.38 bits per heavy atom. The third-order valence-electron chi connectivity index (χ3n) is 4.09. The summed E-state index contributed by atoms with van der Waals surface area (Å²) >= 11 is 0. The van der Waals surface area contributed by atoms with E-state index >= 15 is 0 Å². The molecule has 0 spiro atoms. The molecule has 0 aliphatic rings. The molecule has 0 aromatic heterocycles. The molecule has 0 heterocycles. The predicted molar refractivity (Wildman–Crippen MR) is 98.4 cm³/mol. The van der Waals surface area contributed by atoms with E-state index < -0.39 is 0 Å². The zero-order chi connectivity index (χ0) is 17.2. The van der Waals surface area contributed by atoms with Crippen molar-refractivity contribution in [3.63, 3.8) is 0 Å². The largest absolute Gasteiger partial charge is 0.506 e. The van der Waals surface area contributed by atoms with Crippen LogP contribution >= 0.6 is 0 Å². The van der Waals surface area contributed by atoms with Crippen LogP contribution in [-0.4, -0.2) is 36.1 Å². The highest BCUT2D eigenvalue weighted by molar-refractivity contribution is 5.75. The molecule has 0 atom stereocenters. The second-order valence-corrected chi connectivity index (χ2v) is 5.94. The molecule has 1 amide bonds. The van der Waals surface area contributed by atoms with Crippen molar-refractivity contribution in [2.75, 3.05) is 25.0 Å². The summed E-state index contributed by atoms with van der Waals surface area (Å²) < 4.78 is 0. The van der Waals surface area contributed by atoms with E-state index in [-0.39, 0.29) is 5.75 Å². The molecule has 0 saturated carbocycles. The van der Waals surface area contributed by atoms with Gasteiger partial charge >= 0.3 is 0 Å². The van der Waals surface area contributed by atoms with Crippen LogP contribution in [0.5, 0.6) is 5.75 Å². The lowest BCUT2D eigenvalue weighted by molar-refractivity contribution is -0.105. The van der Waals surface area contributed by atoms with E-state index in [1.165, 1.54) is 5.56 Å². The standard InChI is InChI=1S/C20H26N2O2/c1-2-12-22(13-10-17-6-4-3-5-7-17)14-11-18-8-9-20(24)19(15-18)21-16-23/h3-9,15-16,24H,2,10-14H2,1H3,(H,21,23). The van der Waals surface area contributed by atoms with Crippen LogP contribution in [-0.2, 0) is 17.6 Å². The van der Waals surface area contributed by atoms with Gasteiger partial charge in [-0.2, -0.15) is 0 Å². The Balaban J connectivity index is 1.90. The predicted octanol–water partition coefficient (Wildman–Crippen LogP) is 3.46. The molecule has 2 rings (SSSR count). The van der Waals surface area contributed by atoms with Crippen LogP contribution in [0.1, 0.15) is 24.5 Å². The third kappa shape index (κ3) is 5.70. The molecule has 0 saturated heterocycles. The van der Waals surface area contributed by atoms with Crippen molar-refractivity contribution >= 4 is 12.1 Å². The van der Waals surface area contributed by atoms with Crippen LogP contribution in [0.15, 0.2) is 48.5 Å². The quantitative estimate of drug-likeness (QED) is 0.519. The van der Waals surface area contributed by atoms with Gasteiger partial charge in [0.15, 0.2) is 0 Å². The van der Waals surface area contributed by atoms with E-state index in [1.807, 2.05) is 18.2 Å². The zero-order valence-corrected chi connectivity index (χ0v) is 14.2. The summed E-state index contributed by atoms with van der Waals surface area (Å²) in [5.74, 6) is 0.0975. The van der Waals surface area contributed by atoms with Crippen molar-refractivity contribution in [3.05, 3.63) is 59.7 Å². The van der Waals surface area contributed by atoms with E-state index in [2.05, 4.69) is 41.4 Å². The molecule has 0 bridgehead atoms. The van der Waals surface area contributed by atoms with E-state index in [9.17, 15) is 9.90 Å². The fourth-order valence-electron chi connectivity index (χ4n) is 2.79. The van der Waals surface area contributed by atoms with Crippen LogP contribution in [0, 0.1) is 0 Å². The number of amides is 1. The number of anilines is 1. The molecule has 4 nitrogen and oxygen atoms in total. The molecule has 2 N–H and O–H groups in total. The topological polar surface area (TPSA) is 52.6 Å². The van der Waals surface area contributed by atoms with Crippen molar-refractivity contribution in [2.24, 2.45) is 0 Å². The first-order valence-corrected chi connectivity index (χ1v) is 8.51. The van der Waals surface area contributed by atoms with Gasteiger partial charge in [-0.25, -0.2) is 0 Å². The first kappa shape index (κ1) is 18.0. The maximum absolute atomic E-state index is 10.6. The van der Waals surface area contributed by atoms with Gasteiger partial charge in [0.2, 0.25) is 6.41 Å². The molecule has 0 fully saturated rings. The highest BCUT2D eigenvalue weighted by Gasteiger charge is 2.07. The summed E-state index contributed by atoms with van der Waals surface area (Å²) in [6, 6.07) is 15.9. The molecule has 0 unspecified atom stereocenters. The lowest BCUT2D eigenvalue weighted by atomic mass is 10.1. The Morgan fingerprint density at radius 1 is 1.00 bits per heavy atom. The molecule has 24 heavy (non-hydrogen) atoms. The molecule has 0 aliphatic heterocycles. The van der Waals surface area contributed by atoms with Crippen LogP contribution in [0.2, 0.25) is 0 Å². The fourth-order valence-corrected chi connectivity index (χ4v) is 2.79. The lowest BCUT2D eigenvalue weighted by Gasteiger charge is -2.22. The number of carbonyl (C=O) groups is 1. The normalized spacial score (nSPS) is 10.8. The monoisotopic (exact) mass is 326 g/mol.